The summed E-state index contributed by atoms with van der Waals surface area (Å²) in [7, 11) is 0. The number of nitrogens with two attached hydrogens (primary N) is 1. The van der Waals surface area contributed by atoms with Gasteiger partial charge < -0.3 is 5.73 Å². The highest BCUT2D eigenvalue weighted by Gasteiger charge is 2.54. The zero-order chi connectivity index (χ0) is 12.8. The Bertz CT molecular complexity index is 457. The number of benzene rings is 1. The number of hydrogen-bond donors (Lipinski definition) is 1. The fourth-order valence-corrected chi connectivity index (χ4v) is 5.10. The Labute approximate surface area is 116 Å². The Balaban J connectivity index is 1.46. The van der Waals surface area contributed by atoms with Gasteiger partial charge in [-0.1, -0.05) is 30.7 Å². The molecule has 0 aliphatic heterocycles. The van der Waals surface area contributed by atoms with Crippen LogP contribution in [0.5, 0.6) is 0 Å². The van der Waals surface area contributed by atoms with Crippen LogP contribution >= 0.6 is 0 Å². The van der Waals surface area contributed by atoms with E-state index in [-0.39, 0.29) is 0 Å². The summed E-state index contributed by atoms with van der Waals surface area (Å²) in [6, 6.07) is 9.52. The third-order valence-electron chi connectivity index (χ3n) is 6.02. The second kappa shape index (κ2) is 4.63. The average molecular weight is 255 g/mol. The summed E-state index contributed by atoms with van der Waals surface area (Å²) in [6.45, 7) is 0. The molecular weight excluding hydrogens is 230 g/mol. The minimum absolute atomic E-state index is 0.464. The largest absolute Gasteiger partial charge is 0.327 e. The molecule has 0 amide bonds. The Hall–Kier alpha value is -0.820. The number of hydrogen-bond acceptors (Lipinski definition) is 1. The van der Waals surface area contributed by atoms with E-state index < -0.39 is 0 Å². The molecule has 1 heteroatoms. The summed E-state index contributed by atoms with van der Waals surface area (Å²) < 4.78 is 0. The molecule has 102 valence electrons. The summed E-state index contributed by atoms with van der Waals surface area (Å²) >= 11 is 0. The molecule has 1 aromatic rings. The molecule has 2 saturated carbocycles. The van der Waals surface area contributed by atoms with Crippen molar-refractivity contribution in [3.05, 3.63) is 35.4 Å². The molecule has 19 heavy (non-hydrogen) atoms. The second-order valence-electron chi connectivity index (χ2n) is 7.02. The molecular formula is C18H25N. The molecule has 3 aliphatic rings. The van der Waals surface area contributed by atoms with E-state index in [0.29, 0.717) is 6.04 Å². The van der Waals surface area contributed by atoms with Crippen molar-refractivity contribution in [2.75, 3.05) is 0 Å². The monoisotopic (exact) mass is 255 g/mol. The van der Waals surface area contributed by atoms with Gasteiger partial charge in [0.05, 0.1) is 0 Å². The van der Waals surface area contributed by atoms with Crippen molar-refractivity contribution in [1.29, 1.82) is 0 Å². The minimum Gasteiger partial charge on any atom is -0.327 e. The van der Waals surface area contributed by atoms with Crippen molar-refractivity contribution in [3.63, 3.8) is 0 Å². The van der Waals surface area contributed by atoms with Gasteiger partial charge in [0.1, 0.15) is 0 Å². The summed E-state index contributed by atoms with van der Waals surface area (Å²) in [5.41, 5.74) is 9.75. The van der Waals surface area contributed by atoms with Crippen molar-refractivity contribution < 1.29 is 0 Å². The molecule has 0 bridgehead atoms. The Kier molecular flexibility index (Phi) is 2.91. The lowest BCUT2D eigenvalue weighted by molar-refractivity contribution is 0.404. The van der Waals surface area contributed by atoms with Gasteiger partial charge in [-0.2, -0.15) is 0 Å². The quantitative estimate of drug-likeness (QED) is 0.871. The topological polar surface area (TPSA) is 26.0 Å². The molecule has 0 saturated heterocycles. The molecule has 0 aromatic heterocycles. The van der Waals surface area contributed by atoms with Crippen LogP contribution in [0.3, 0.4) is 0 Å². The van der Waals surface area contributed by atoms with Crippen LogP contribution in [0.1, 0.15) is 55.6 Å². The van der Waals surface area contributed by atoms with Crippen LogP contribution in [0.2, 0.25) is 0 Å². The van der Waals surface area contributed by atoms with E-state index in [0.717, 1.165) is 23.7 Å². The molecule has 2 N–H and O–H groups in total. The van der Waals surface area contributed by atoms with Crippen molar-refractivity contribution in [1.82, 2.24) is 0 Å². The summed E-state index contributed by atoms with van der Waals surface area (Å²) in [6.07, 6.45) is 9.60. The first-order valence-electron chi connectivity index (χ1n) is 8.18. The Morgan fingerprint density at radius 3 is 2.68 bits per heavy atom. The van der Waals surface area contributed by atoms with E-state index in [2.05, 4.69) is 24.3 Å². The highest BCUT2D eigenvalue weighted by Crippen LogP contribution is 2.59. The summed E-state index contributed by atoms with van der Waals surface area (Å²) in [5.74, 6) is 3.63. The van der Waals surface area contributed by atoms with Crippen LogP contribution in [0.15, 0.2) is 24.3 Å². The smallest absolute Gasteiger partial charge is 0.00784 e. The molecule has 3 aliphatic carbocycles. The lowest BCUT2D eigenvalue weighted by Gasteiger charge is -2.28. The zero-order valence-electron chi connectivity index (χ0n) is 11.7. The van der Waals surface area contributed by atoms with Crippen molar-refractivity contribution in [3.8, 4) is 0 Å². The number of fused-ring (bicyclic) bond motifs is 2. The molecule has 4 atom stereocenters. The summed E-state index contributed by atoms with van der Waals surface area (Å²) in [4.78, 5) is 0. The van der Waals surface area contributed by atoms with Gasteiger partial charge >= 0.3 is 0 Å². The highest BCUT2D eigenvalue weighted by molar-refractivity contribution is 5.32. The Morgan fingerprint density at radius 1 is 1.05 bits per heavy atom. The van der Waals surface area contributed by atoms with Crippen LogP contribution in [0.4, 0.5) is 0 Å². The number of rotatable bonds is 3. The van der Waals surface area contributed by atoms with Crippen molar-refractivity contribution in [2.45, 2.75) is 56.9 Å². The minimum atomic E-state index is 0.464. The SMILES string of the molecule is NC(CC1CCCc2ccccc21)C1C2CCCC21. The van der Waals surface area contributed by atoms with Crippen molar-refractivity contribution in [2.24, 2.45) is 23.5 Å². The average Bonchev–Trinajstić information content (AvgIpc) is 2.93. The molecule has 1 nitrogen and oxygen atoms in total. The van der Waals surface area contributed by atoms with Gasteiger partial charge in [0.25, 0.3) is 0 Å². The van der Waals surface area contributed by atoms with Gasteiger partial charge in [0.15, 0.2) is 0 Å². The predicted molar refractivity (Wildman–Crippen MR) is 79.0 cm³/mol. The van der Waals surface area contributed by atoms with Gasteiger partial charge in [0.2, 0.25) is 0 Å². The molecule has 4 unspecified atom stereocenters. The van der Waals surface area contributed by atoms with Gasteiger partial charge in [-0.3, -0.25) is 0 Å². The Morgan fingerprint density at radius 2 is 1.84 bits per heavy atom. The van der Waals surface area contributed by atoms with E-state index in [1.165, 1.54) is 44.9 Å². The first kappa shape index (κ1) is 12.0. The zero-order valence-corrected chi connectivity index (χ0v) is 11.7. The van der Waals surface area contributed by atoms with Gasteiger partial charge in [-0.05, 0) is 73.3 Å². The molecule has 0 spiro atoms. The van der Waals surface area contributed by atoms with Gasteiger partial charge in [-0.15, -0.1) is 0 Å². The fourth-order valence-electron chi connectivity index (χ4n) is 5.10. The molecule has 0 radical (unpaired) electrons. The van der Waals surface area contributed by atoms with E-state index >= 15 is 0 Å². The standard InChI is InChI=1S/C18H25N/c19-17(18-15-9-4-10-16(15)18)11-13-7-3-6-12-5-1-2-8-14(12)13/h1-2,5,8,13,15-18H,3-4,6-7,9-11,19H2. The maximum absolute atomic E-state index is 6.56. The highest BCUT2D eigenvalue weighted by atomic mass is 14.7. The van der Waals surface area contributed by atoms with Gasteiger partial charge in [-0.25, -0.2) is 0 Å². The van der Waals surface area contributed by atoms with Gasteiger partial charge in [0, 0.05) is 6.04 Å². The second-order valence-corrected chi connectivity index (χ2v) is 7.02. The maximum Gasteiger partial charge on any atom is 0.00784 e. The first-order chi connectivity index (χ1) is 9.34. The third kappa shape index (κ3) is 2.03. The van der Waals surface area contributed by atoms with Crippen molar-refractivity contribution >= 4 is 0 Å². The first-order valence-corrected chi connectivity index (χ1v) is 8.18. The lowest BCUT2D eigenvalue weighted by atomic mass is 9.78. The third-order valence-corrected chi connectivity index (χ3v) is 6.02. The van der Waals surface area contributed by atoms with Crippen LogP contribution in [-0.2, 0) is 6.42 Å². The fraction of sp³-hybridized carbons (Fsp3) is 0.667. The van der Waals surface area contributed by atoms with Crippen LogP contribution in [0, 0.1) is 17.8 Å². The van der Waals surface area contributed by atoms with E-state index in [1.807, 2.05) is 0 Å². The van der Waals surface area contributed by atoms with E-state index in [4.69, 9.17) is 5.73 Å². The van der Waals surface area contributed by atoms with E-state index in [9.17, 15) is 0 Å². The molecule has 4 rings (SSSR count). The van der Waals surface area contributed by atoms with Crippen LogP contribution in [-0.4, -0.2) is 6.04 Å². The summed E-state index contributed by atoms with van der Waals surface area (Å²) in [5, 5.41) is 0. The normalized spacial score (nSPS) is 37.5. The lowest BCUT2D eigenvalue weighted by Crippen LogP contribution is -2.28. The van der Waals surface area contributed by atoms with Crippen LogP contribution < -0.4 is 5.73 Å². The van der Waals surface area contributed by atoms with E-state index in [1.54, 1.807) is 11.1 Å². The number of aryl methyl sites for hydroxylation is 1. The maximum atomic E-state index is 6.56. The molecule has 0 heterocycles. The molecule has 1 aromatic carbocycles. The predicted octanol–water partition coefficient (Wildman–Crippen LogP) is 3.87. The van der Waals surface area contributed by atoms with Crippen LogP contribution in [0.25, 0.3) is 0 Å². The molecule has 2 fully saturated rings.